The standard InChI is InChI=1S/C9H10ClN5S/c1-5(6-2-3-16-4-6)12-9-14-7(10)13-8(11)15-9/h2-5H,1H3,(H3,11,12,13,14,15). The van der Waals surface area contributed by atoms with Gasteiger partial charge in [0, 0.05) is 0 Å². The molecule has 0 saturated heterocycles. The van der Waals surface area contributed by atoms with Crippen LogP contribution in [0.1, 0.15) is 18.5 Å². The summed E-state index contributed by atoms with van der Waals surface area (Å²) in [7, 11) is 0. The Bertz CT molecular complexity index is 453. The van der Waals surface area contributed by atoms with Crippen LogP contribution in [0.5, 0.6) is 0 Å². The Kier molecular flexibility index (Phi) is 3.21. The average molecular weight is 256 g/mol. The molecule has 0 saturated carbocycles. The molecule has 0 spiro atoms. The monoisotopic (exact) mass is 255 g/mol. The number of anilines is 2. The molecule has 16 heavy (non-hydrogen) atoms. The first-order chi connectivity index (χ1) is 7.65. The summed E-state index contributed by atoms with van der Waals surface area (Å²) in [6.45, 7) is 2.01. The Morgan fingerprint density at radius 1 is 1.44 bits per heavy atom. The second-order valence-corrected chi connectivity index (χ2v) is 4.33. The van der Waals surface area contributed by atoms with Crippen molar-refractivity contribution in [1.82, 2.24) is 15.0 Å². The molecule has 2 rings (SSSR count). The number of aromatic nitrogens is 3. The van der Waals surface area contributed by atoms with Crippen LogP contribution in [0, 0.1) is 0 Å². The maximum absolute atomic E-state index is 5.68. The largest absolute Gasteiger partial charge is 0.368 e. The zero-order valence-corrected chi connectivity index (χ0v) is 10.1. The fourth-order valence-electron chi connectivity index (χ4n) is 1.23. The molecule has 0 amide bonds. The van der Waals surface area contributed by atoms with Crippen LogP contribution in [0.3, 0.4) is 0 Å². The molecule has 2 aromatic heterocycles. The Morgan fingerprint density at radius 3 is 2.88 bits per heavy atom. The second kappa shape index (κ2) is 4.63. The van der Waals surface area contributed by atoms with E-state index in [-0.39, 0.29) is 17.3 Å². The topological polar surface area (TPSA) is 76.7 Å². The minimum Gasteiger partial charge on any atom is -0.368 e. The van der Waals surface area contributed by atoms with E-state index in [4.69, 9.17) is 17.3 Å². The third kappa shape index (κ3) is 2.59. The number of nitrogens with two attached hydrogens (primary N) is 1. The van der Waals surface area contributed by atoms with Crippen molar-refractivity contribution in [3.05, 3.63) is 27.7 Å². The lowest BCUT2D eigenvalue weighted by Gasteiger charge is -2.12. The van der Waals surface area contributed by atoms with Crippen LogP contribution in [-0.2, 0) is 0 Å². The predicted octanol–water partition coefficient (Wildman–Crippen LogP) is 2.34. The number of rotatable bonds is 3. The van der Waals surface area contributed by atoms with Crippen molar-refractivity contribution in [2.24, 2.45) is 0 Å². The van der Waals surface area contributed by atoms with Crippen molar-refractivity contribution in [2.45, 2.75) is 13.0 Å². The van der Waals surface area contributed by atoms with Gasteiger partial charge in [-0.15, -0.1) is 0 Å². The minimum absolute atomic E-state index is 0.0903. The molecule has 0 fully saturated rings. The van der Waals surface area contributed by atoms with E-state index in [1.54, 1.807) is 11.3 Å². The average Bonchev–Trinajstić information content (AvgIpc) is 2.68. The first-order valence-electron chi connectivity index (χ1n) is 4.61. The molecule has 2 heterocycles. The fraction of sp³-hybridized carbons (Fsp3) is 0.222. The lowest BCUT2D eigenvalue weighted by atomic mass is 10.2. The molecule has 7 heteroatoms. The molecule has 3 N–H and O–H groups in total. The highest BCUT2D eigenvalue weighted by molar-refractivity contribution is 7.07. The summed E-state index contributed by atoms with van der Waals surface area (Å²) in [4.78, 5) is 11.6. The molecular formula is C9H10ClN5S. The first kappa shape index (κ1) is 11.1. The van der Waals surface area contributed by atoms with Crippen molar-refractivity contribution in [3.8, 4) is 0 Å². The number of nitrogens with one attached hydrogen (secondary N) is 1. The molecule has 0 aromatic carbocycles. The molecule has 1 atom stereocenters. The van der Waals surface area contributed by atoms with Gasteiger partial charge >= 0.3 is 0 Å². The highest BCUT2D eigenvalue weighted by Crippen LogP contribution is 2.19. The van der Waals surface area contributed by atoms with Gasteiger partial charge in [0.1, 0.15) is 0 Å². The van der Waals surface area contributed by atoms with Crippen LogP contribution < -0.4 is 11.1 Å². The Morgan fingerprint density at radius 2 is 2.25 bits per heavy atom. The lowest BCUT2D eigenvalue weighted by molar-refractivity contribution is 0.860. The Balaban J connectivity index is 2.15. The van der Waals surface area contributed by atoms with Crippen LogP contribution in [0.25, 0.3) is 0 Å². The van der Waals surface area contributed by atoms with Gasteiger partial charge in [-0.3, -0.25) is 0 Å². The van der Waals surface area contributed by atoms with Crippen molar-refractivity contribution >= 4 is 34.8 Å². The van der Waals surface area contributed by atoms with E-state index in [0.29, 0.717) is 5.95 Å². The van der Waals surface area contributed by atoms with Crippen molar-refractivity contribution in [1.29, 1.82) is 0 Å². The molecule has 0 aliphatic carbocycles. The number of nitrogen functional groups attached to an aromatic ring is 1. The summed E-state index contributed by atoms with van der Waals surface area (Å²) < 4.78 is 0. The summed E-state index contributed by atoms with van der Waals surface area (Å²) in [6, 6.07) is 2.14. The van der Waals surface area contributed by atoms with Crippen molar-refractivity contribution < 1.29 is 0 Å². The number of thiophene rings is 1. The SMILES string of the molecule is CC(Nc1nc(N)nc(Cl)n1)c1ccsc1. The molecule has 1 unspecified atom stereocenters. The number of hydrogen-bond acceptors (Lipinski definition) is 6. The van der Waals surface area contributed by atoms with Crippen LogP contribution in [0.15, 0.2) is 16.8 Å². The van der Waals surface area contributed by atoms with Crippen LogP contribution in [0.4, 0.5) is 11.9 Å². The molecule has 0 aliphatic rings. The van der Waals surface area contributed by atoms with Crippen LogP contribution >= 0.6 is 22.9 Å². The van der Waals surface area contributed by atoms with Crippen LogP contribution in [-0.4, -0.2) is 15.0 Å². The number of hydrogen-bond donors (Lipinski definition) is 2. The minimum atomic E-state index is 0.0903. The second-order valence-electron chi connectivity index (χ2n) is 3.21. The summed E-state index contributed by atoms with van der Waals surface area (Å²) in [5.74, 6) is 0.496. The summed E-state index contributed by atoms with van der Waals surface area (Å²) in [5, 5.41) is 7.27. The molecule has 2 aromatic rings. The maximum Gasteiger partial charge on any atom is 0.229 e. The van der Waals surface area contributed by atoms with Gasteiger partial charge in [-0.1, -0.05) is 0 Å². The Labute approximate surface area is 102 Å². The third-order valence-corrected chi connectivity index (χ3v) is 2.88. The molecular weight excluding hydrogens is 246 g/mol. The smallest absolute Gasteiger partial charge is 0.229 e. The Hall–Kier alpha value is -1.40. The quantitative estimate of drug-likeness (QED) is 0.880. The van der Waals surface area contributed by atoms with Gasteiger partial charge in [-0.2, -0.15) is 26.3 Å². The normalized spacial score (nSPS) is 12.4. The van der Waals surface area contributed by atoms with E-state index in [0.717, 1.165) is 0 Å². The summed E-state index contributed by atoms with van der Waals surface area (Å²) >= 11 is 7.32. The van der Waals surface area contributed by atoms with E-state index in [9.17, 15) is 0 Å². The summed E-state index contributed by atoms with van der Waals surface area (Å²) in [6.07, 6.45) is 0. The van der Waals surface area contributed by atoms with Crippen molar-refractivity contribution in [3.63, 3.8) is 0 Å². The zero-order valence-electron chi connectivity index (χ0n) is 8.51. The predicted molar refractivity (Wildman–Crippen MR) is 65.6 cm³/mol. The van der Waals surface area contributed by atoms with E-state index in [1.807, 2.05) is 18.4 Å². The highest BCUT2D eigenvalue weighted by Gasteiger charge is 2.08. The van der Waals surface area contributed by atoms with Crippen LogP contribution in [0.2, 0.25) is 5.28 Å². The van der Waals surface area contributed by atoms with Gasteiger partial charge in [0.25, 0.3) is 0 Å². The van der Waals surface area contributed by atoms with Gasteiger partial charge in [-0.05, 0) is 40.9 Å². The van der Waals surface area contributed by atoms with Gasteiger partial charge < -0.3 is 11.1 Å². The van der Waals surface area contributed by atoms with E-state index < -0.39 is 0 Å². The first-order valence-corrected chi connectivity index (χ1v) is 5.93. The highest BCUT2D eigenvalue weighted by atomic mass is 35.5. The molecule has 0 bridgehead atoms. The molecule has 84 valence electrons. The van der Waals surface area contributed by atoms with Gasteiger partial charge in [0.2, 0.25) is 17.2 Å². The fourth-order valence-corrected chi connectivity index (χ4v) is 2.15. The van der Waals surface area contributed by atoms with Gasteiger partial charge in [0.05, 0.1) is 6.04 Å². The molecule has 0 aliphatic heterocycles. The van der Waals surface area contributed by atoms with Gasteiger partial charge in [-0.25, -0.2) is 0 Å². The number of nitrogens with zero attached hydrogens (tertiary/aromatic N) is 3. The molecule has 0 radical (unpaired) electrons. The lowest BCUT2D eigenvalue weighted by Crippen LogP contribution is -2.10. The van der Waals surface area contributed by atoms with E-state index in [1.165, 1.54) is 5.56 Å². The van der Waals surface area contributed by atoms with E-state index in [2.05, 4.69) is 25.6 Å². The van der Waals surface area contributed by atoms with Crippen molar-refractivity contribution in [2.75, 3.05) is 11.1 Å². The maximum atomic E-state index is 5.68. The summed E-state index contributed by atoms with van der Waals surface area (Å²) in [5.41, 5.74) is 6.64. The molecule has 5 nitrogen and oxygen atoms in total. The third-order valence-electron chi connectivity index (χ3n) is 2.01. The van der Waals surface area contributed by atoms with E-state index >= 15 is 0 Å². The van der Waals surface area contributed by atoms with Gasteiger partial charge in [0.15, 0.2) is 0 Å². The number of halogens is 1. The zero-order chi connectivity index (χ0) is 11.5.